The summed E-state index contributed by atoms with van der Waals surface area (Å²) in [6.45, 7) is 2.43. The maximum atomic E-state index is 9.59. The Bertz CT molecular complexity index is 308. The topological polar surface area (TPSA) is 49.7 Å². The number of phenols is 2. The summed E-state index contributed by atoms with van der Waals surface area (Å²) >= 11 is 0. The second-order valence-electron chi connectivity index (χ2n) is 3.29. The first-order chi connectivity index (χ1) is 6.69. The molecule has 1 rings (SSSR count). The lowest BCUT2D eigenvalue weighted by molar-refractivity contribution is 0.181. The van der Waals surface area contributed by atoms with Crippen LogP contribution in [-0.2, 0) is 17.8 Å². The molecule has 0 unspecified atom stereocenters. The van der Waals surface area contributed by atoms with Crippen molar-refractivity contribution >= 4 is 0 Å². The molecule has 0 aromatic heterocycles. The fraction of sp³-hybridized carbons (Fsp3) is 0.455. The van der Waals surface area contributed by atoms with E-state index >= 15 is 0 Å². The predicted molar refractivity (Wildman–Crippen MR) is 54.5 cm³/mol. The Morgan fingerprint density at radius 2 is 2.00 bits per heavy atom. The summed E-state index contributed by atoms with van der Waals surface area (Å²) in [5, 5.41) is 18.9. The zero-order valence-electron chi connectivity index (χ0n) is 8.58. The Morgan fingerprint density at radius 3 is 2.57 bits per heavy atom. The van der Waals surface area contributed by atoms with Crippen LogP contribution in [0.2, 0.25) is 0 Å². The van der Waals surface area contributed by atoms with Gasteiger partial charge in [-0.05, 0) is 18.1 Å². The minimum Gasteiger partial charge on any atom is -0.508 e. The Hall–Kier alpha value is -1.22. The van der Waals surface area contributed by atoms with Crippen molar-refractivity contribution in [2.24, 2.45) is 0 Å². The monoisotopic (exact) mass is 196 g/mol. The fourth-order valence-corrected chi connectivity index (χ4v) is 1.50. The van der Waals surface area contributed by atoms with Crippen molar-refractivity contribution in [2.45, 2.75) is 26.4 Å². The van der Waals surface area contributed by atoms with E-state index in [9.17, 15) is 10.2 Å². The molecule has 14 heavy (non-hydrogen) atoms. The van der Waals surface area contributed by atoms with Crippen LogP contribution in [0.1, 0.15) is 24.5 Å². The molecule has 1 aromatic rings. The molecule has 0 atom stereocenters. The largest absolute Gasteiger partial charge is 0.508 e. The van der Waals surface area contributed by atoms with Gasteiger partial charge in [0.1, 0.15) is 11.5 Å². The molecule has 3 heteroatoms. The van der Waals surface area contributed by atoms with E-state index in [-0.39, 0.29) is 11.5 Å². The highest BCUT2D eigenvalue weighted by Crippen LogP contribution is 2.28. The van der Waals surface area contributed by atoms with Crippen molar-refractivity contribution < 1.29 is 14.9 Å². The van der Waals surface area contributed by atoms with E-state index in [4.69, 9.17) is 4.74 Å². The van der Waals surface area contributed by atoms with E-state index in [1.807, 2.05) is 0 Å². The van der Waals surface area contributed by atoms with Crippen LogP contribution in [0.4, 0.5) is 0 Å². The third-order valence-corrected chi connectivity index (χ3v) is 2.11. The van der Waals surface area contributed by atoms with Gasteiger partial charge in [0.25, 0.3) is 0 Å². The molecule has 0 aliphatic rings. The first-order valence-corrected chi connectivity index (χ1v) is 4.71. The zero-order valence-corrected chi connectivity index (χ0v) is 8.58. The number of ether oxygens (including phenoxy) is 1. The molecule has 0 heterocycles. The minimum absolute atomic E-state index is 0.103. The van der Waals surface area contributed by atoms with Crippen molar-refractivity contribution in [1.29, 1.82) is 0 Å². The molecule has 0 spiro atoms. The summed E-state index contributed by atoms with van der Waals surface area (Å²) in [6, 6.07) is 3.02. The average Bonchev–Trinajstić information content (AvgIpc) is 2.11. The van der Waals surface area contributed by atoms with E-state index in [0.29, 0.717) is 6.61 Å². The summed E-state index contributed by atoms with van der Waals surface area (Å²) in [5.74, 6) is 0.209. The Labute approximate surface area is 84.0 Å². The van der Waals surface area contributed by atoms with Crippen molar-refractivity contribution in [3.63, 3.8) is 0 Å². The number of rotatable bonds is 4. The smallest absolute Gasteiger partial charge is 0.125 e. The van der Waals surface area contributed by atoms with Crippen molar-refractivity contribution in [3.8, 4) is 11.5 Å². The van der Waals surface area contributed by atoms with Gasteiger partial charge in [-0.1, -0.05) is 13.3 Å². The molecule has 0 saturated carbocycles. The second kappa shape index (κ2) is 4.86. The zero-order chi connectivity index (χ0) is 10.6. The number of phenolic OH excluding ortho intramolecular Hbond substituents is 2. The lowest BCUT2D eigenvalue weighted by Crippen LogP contribution is -1.96. The van der Waals surface area contributed by atoms with Crippen LogP contribution >= 0.6 is 0 Å². The van der Waals surface area contributed by atoms with Gasteiger partial charge < -0.3 is 14.9 Å². The maximum Gasteiger partial charge on any atom is 0.125 e. The van der Waals surface area contributed by atoms with Crippen LogP contribution < -0.4 is 0 Å². The molecule has 0 bridgehead atoms. The summed E-state index contributed by atoms with van der Waals surface area (Å²) in [5.41, 5.74) is 1.72. The Morgan fingerprint density at radius 1 is 1.29 bits per heavy atom. The van der Waals surface area contributed by atoms with Gasteiger partial charge in [0, 0.05) is 18.7 Å². The second-order valence-corrected chi connectivity index (χ2v) is 3.29. The first kappa shape index (κ1) is 10.9. The SMILES string of the molecule is CCCc1cc(O)cc(O)c1COC. The van der Waals surface area contributed by atoms with Crippen LogP contribution in [0, 0.1) is 0 Å². The predicted octanol–water partition coefficient (Wildman–Crippen LogP) is 2.20. The van der Waals surface area contributed by atoms with Crippen molar-refractivity contribution in [2.75, 3.05) is 7.11 Å². The van der Waals surface area contributed by atoms with Gasteiger partial charge >= 0.3 is 0 Å². The summed E-state index contributed by atoms with van der Waals surface area (Å²) < 4.78 is 4.99. The third kappa shape index (κ3) is 2.39. The van der Waals surface area contributed by atoms with Gasteiger partial charge in [0.2, 0.25) is 0 Å². The number of methoxy groups -OCH3 is 1. The fourth-order valence-electron chi connectivity index (χ4n) is 1.50. The lowest BCUT2D eigenvalue weighted by atomic mass is 10.0. The summed E-state index contributed by atoms with van der Waals surface area (Å²) in [4.78, 5) is 0. The average molecular weight is 196 g/mol. The van der Waals surface area contributed by atoms with E-state index in [1.54, 1.807) is 13.2 Å². The highest BCUT2D eigenvalue weighted by molar-refractivity contribution is 5.45. The number of aryl methyl sites for hydroxylation is 1. The summed E-state index contributed by atoms with van der Waals surface area (Å²) in [6.07, 6.45) is 1.81. The minimum atomic E-state index is 0.103. The van der Waals surface area contributed by atoms with Gasteiger partial charge in [-0.15, -0.1) is 0 Å². The highest BCUT2D eigenvalue weighted by Gasteiger charge is 2.09. The first-order valence-electron chi connectivity index (χ1n) is 4.71. The molecule has 1 aromatic carbocycles. The molecule has 0 fully saturated rings. The molecule has 0 amide bonds. The van der Waals surface area contributed by atoms with Gasteiger partial charge in [-0.3, -0.25) is 0 Å². The van der Waals surface area contributed by atoms with Crippen LogP contribution in [0.5, 0.6) is 11.5 Å². The number of benzene rings is 1. The molecule has 0 saturated heterocycles. The molecular weight excluding hydrogens is 180 g/mol. The number of hydrogen-bond acceptors (Lipinski definition) is 3. The summed E-state index contributed by atoms with van der Waals surface area (Å²) in [7, 11) is 1.59. The van der Waals surface area contributed by atoms with E-state index in [0.717, 1.165) is 24.0 Å². The molecule has 2 N–H and O–H groups in total. The highest BCUT2D eigenvalue weighted by atomic mass is 16.5. The number of aromatic hydroxyl groups is 2. The van der Waals surface area contributed by atoms with Gasteiger partial charge in [0.15, 0.2) is 0 Å². The normalized spacial score (nSPS) is 10.4. The van der Waals surface area contributed by atoms with Gasteiger partial charge in [-0.25, -0.2) is 0 Å². The van der Waals surface area contributed by atoms with Gasteiger partial charge in [-0.2, -0.15) is 0 Å². The van der Waals surface area contributed by atoms with Crippen LogP contribution in [-0.4, -0.2) is 17.3 Å². The van der Waals surface area contributed by atoms with Crippen LogP contribution in [0.3, 0.4) is 0 Å². The molecule has 0 aliphatic carbocycles. The third-order valence-electron chi connectivity index (χ3n) is 2.11. The lowest BCUT2D eigenvalue weighted by Gasteiger charge is -2.10. The molecule has 78 valence electrons. The quantitative estimate of drug-likeness (QED) is 0.776. The Kier molecular flexibility index (Phi) is 3.77. The standard InChI is InChI=1S/C11H16O3/c1-3-4-8-5-9(12)6-11(13)10(8)7-14-2/h5-6,12-13H,3-4,7H2,1-2H3. The number of hydrogen-bond donors (Lipinski definition) is 2. The Balaban J connectivity index is 3.07. The van der Waals surface area contributed by atoms with E-state index in [1.165, 1.54) is 6.07 Å². The van der Waals surface area contributed by atoms with E-state index < -0.39 is 0 Å². The molecular formula is C11H16O3. The molecule has 3 nitrogen and oxygen atoms in total. The maximum absolute atomic E-state index is 9.59. The van der Waals surface area contributed by atoms with Crippen molar-refractivity contribution in [3.05, 3.63) is 23.3 Å². The molecule has 0 radical (unpaired) electrons. The molecule has 0 aliphatic heterocycles. The van der Waals surface area contributed by atoms with E-state index in [2.05, 4.69) is 6.92 Å². The van der Waals surface area contributed by atoms with Gasteiger partial charge in [0.05, 0.1) is 6.61 Å². The van der Waals surface area contributed by atoms with Crippen molar-refractivity contribution in [1.82, 2.24) is 0 Å². The van der Waals surface area contributed by atoms with Crippen LogP contribution in [0.25, 0.3) is 0 Å². The van der Waals surface area contributed by atoms with Crippen LogP contribution in [0.15, 0.2) is 12.1 Å².